The Bertz CT molecular complexity index is 718. The number of hydrogen-bond acceptors (Lipinski definition) is 6. The largest absolute Gasteiger partial charge is 0.388 e. The molecule has 0 radical (unpaired) electrons. The average Bonchev–Trinajstić information content (AvgIpc) is 2.53. The third-order valence-electron chi connectivity index (χ3n) is 4.12. The van der Waals surface area contributed by atoms with Crippen LogP contribution in [0.5, 0.6) is 0 Å². The van der Waals surface area contributed by atoms with Crippen molar-refractivity contribution in [3.63, 3.8) is 0 Å². The normalized spacial score (nSPS) is 17.7. The highest BCUT2D eigenvalue weighted by atomic mass is 32.2. The molecule has 0 aromatic heterocycles. The van der Waals surface area contributed by atoms with Crippen molar-refractivity contribution < 1.29 is 27.2 Å². The summed E-state index contributed by atoms with van der Waals surface area (Å²) in [4.78, 5) is 9.46. The predicted octanol–water partition coefficient (Wildman–Crippen LogP) is 2.70. The summed E-state index contributed by atoms with van der Waals surface area (Å²) in [6.45, 7) is 0.0643. The number of rotatable bonds is 6. The van der Waals surface area contributed by atoms with E-state index in [-0.39, 0.29) is 12.2 Å². The van der Waals surface area contributed by atoms with Crippen molar-refractivity contribution in [3.8, 4) is 0 Å². The van der Waals surface area contributed by atoms with Crippen LogP contribution in [-0.2, 0) is 9.84 Å². The molecule has 2 rings (SSSR count). The van der Waals surface area contributed by atoms with Gasteiger partial charge < -0.3 is 10.4 Å². The van der Waals surface area contributed by atoms with Crippen molar-refractivity contribution in [1.82, 2.24) is 0 Å². The summed E-state index contributed by atoms with van der Waals surface area (Å²) in [5.74, 6) is -3.65. The van der Waals surface area contributed by atoms with Crippen LogP contribution in [0, 0.1) is 10.1 Å². The standard InChI is InChI=1S/C14H18F2N2O5S/c15-13(16)24(22,23)10-4-5-11(12(8-10)18(20)21)17-9-14(19)6-2-1-3-7-14/h4-5,8,13,17,19H,1-3,6-7,9H2. The van der Waals surface area contributed by atoms with E-state index in [4.69, 9.17) is 0 Å². The zero-order valence-electron chi connectivity index (χ0n) is 12.7. The SMILES string of the molecule is O=[N+]([O-])c1cc(S(=O)(=O)C(F)F)ccc1NCC1(O)CCCCC1. The fourth-order valence-electron chi connectivity index (χ4n) is 2.74. The summed E-state index contributed by atoms with van der Waals surface area (Å²) < 4.78 is 48.0. The number of aliphatic hydroxyl groups is 1. The van der Waals surface area contributed by atoms with Gasteiger partial charge in [-0.1, -0.05) is 19.3 Å². The Labute approximate surface area is 137 Å². The first-order chi connectivity index (χ1) is 11.2. The Hall–Kier alpha value is -1.81. The second-order valence-electron chi connectivity index (χ2n) is 5.88. The number of benzene rings is 1. The van der Waals surface area contributed by atoms with Crippen molar-refractivity contribution in [2.24, 2.45) is 0 Å². The van der Waals surface area contributed by atoms with Crippen molar-refractivity contribution in [2.75, 3.05) is 11.9 Å². The van der Waals surface area contributed by atoms with Gasteiger partial charge in [-0.05, 0) is 25.0 Å². The number of nitrogens with one attached hydrogen (secondary N) is 1. The molecule has 0 aliphatic heterocycles. The lowest BCUT2D eigenvalue weighted by molar-refractivity contribution is -0.384. The number of nitro groups is 1. The van der Waals surface area contributed by atoms with Gasteiger partial charge in [0.1, 0.15) is 5.69 Å². The zero-order valence-corrected chi connectivity index (χ0v) is 13.6. The molecule has 0 saturated heterocycles. The molecule has 0 spiro atoms. The van der Waals surface area contributed by atoms with Crippen LogP contribution in [0.15, 0.2) is 23.1 Å². The van der Waals surface area contributed by atoms with Gasteiger partial charge in [0, 0.05) is 12.6 Å². The summed E-state index contributed by atoms with van der Waals surface area (Å²) >= 11 is 0. The molecule has 134 valence electrons. The lowest BCUT2D eigenvalue weighted by atomic mass is 9.85. The first kappa shape index (κ1) is 18.5. The van der Waals surface area contributed by atoms with Gasteiger partial charge >= 0.3 is 5.76 Å². The minimum atomic E-state index is -4.91. The molecule has 1 aromatic carbocycles. The van der Waals surface area contributed by atoms with Crippen LogP contribution in [0.2, 0.25) is 0 Å². The van der Waals surface area contributed by atoms with Crippen molar-refractivity contribution in [1.29, 1.82) is 0 Å². The molecule has 0 heterocycles. The maximum atomic E-state index is 12.6. The third-order valence-corrected chi connectivity index (χ3v) is 5.50. The van der Waals surface area contributed by atoms with E-state index in [2.05, 4.69) is 5.32 Å². The van der Waals surface area contributed by atoms with Crippen LogP contribution < -0.4 is 5.32 Å². The van der Waals surface area contributed by atoms with Gasteiger partial charge in [-0.3, -0.25) is 10.1 Å². The quantitative estimate of drug-likeness (QED) is 0.593. The summed E-state index contributed by atoms with van der Waals surface area (Å²) in [6.07, 6.45) is 3.84. The number of nitrogens with zero attached hydrogens (tertiary/aromatic N) is 1. The first-order valence-electron chi connectivity index (χ1n) is 7.42. The summed E-state index contributed by atoms with van der Waals surface area (Å²) in [5.41, 5.74) is -1.64. The number of nitro benzene ring substituents is 1. The van der Waals surface area contributed by atoms with E-state index in [0.717, 1.165) is 31.4 Å². The van der Waals surface area contributed by atoms with E-state index in [1.165, 1.54) is 0 Å². The van der Waals surface area contributed by atoms with Crippen LogP contribution in [0.1, 0.15) is 32.1 Å². The molecule has 1 fully saturated rings. The first-order valence-corrected chi connectivity index (χ1v) is 8.97. The third kappa shape index (κ3) is 3.99. The molecule has 24 heavy (non-hydrogen) atoms. The van der Waals surface area contributed by atoms with E-state index in [1.807, 2.05) is 0 Å². The molecule has 2 N–H and O–H groups in total. The Morgan fingerprint density at radius 2 is 1.92 bits per heavy atom. The van der Waals surface area contributed by atoms with Gasteiger partial charge in [0.25, 0.3) is 5.69 Å². The maximum Gasteiger partial charge on any atom is 0.341 e. The molecular formula is C14H18F2N2O5S. The van der Waals surface area contributed by atoms with Crippen LogP contribution in [0.3, 0.4) is 0 Å². The molecule has 7 nitrogen and oxygen atoms in total. The van der Waals surface area contributed by atoms with Gasteiger partial charge in [-0.15, -0.1) is 0 Å². The molecule has 0 unspecified atom stereocenters. The minimum Gasteiger partial charge on any atom is -0.388 e. The minimum absolute atomic E-state index is 0.0211. The van der Waals surface area contributed by atoms with Gasteiger partial charge in [0.05, 0.1) is 15.4 Å². The Morgan fingerprint density at radius 1 is 1.29 bits per heavy atom. The second-order valence-corrected chi connectivity index (χ2v) is 7.80. The highest BCUT2D eigenvalue weighted by Crippen LogP contribution is 2.32. The molecule has 0 amide bonds. The molecule has 1 aliphatic carbocycles. The summed E-state index contributed by atoms with van der Waals surface area (Å²) in [5, 5.41) is 24.3. The molecule has 1 aromatic rings. The molecular weight excluding hydrogens is 346 g/mol. The smallest absolute Gasteiger partial charge is 0.341 e. The fourth-order valence-corrected chi connectivity index (χ4v) is 3.48. The van der Waals surface area contributed by atoms with Crippen molar-refractivity contribution >= 4 is 21.2 Å². The fraction of sp³-hybridized carbons (Fsp3) is 0.571. The molecule has 1 aliphatic rings. The number of halogens is 2. The van der Waals surface area contributed by atoms with Gasteiger partial charge in [-0.25, -0.2) is 8.42 Å². The molecule has 0 bridgehead atoms. The summed E-state index contributed by atoms with van der Waals surface area (Å²) in [6, 6.07) is 2.57. The Balaban J connectivity index is 2.26. The average molecular weight is 364 g/mol. The summed E-state index contributed by atoms with van der Waals surface area (Å²) in [7, 11) is -4.91. The molecule has 10 heteroatoms. The number of hydrogen-bond donors (Lipinski definition) is 2. The lowest BCUT2D eigenvalue weighted by Crippen LogP contribution is -2.38. The Kier molecular flexibility index (Phi) is 5.38. The maximum absolute atomic E-state index is 12.6. The van der Waals surface area contributed by atoms with E-state index in [9.17, 15) is 32.4 Å². The lowest BCUT2D eigenvalue weighted by Gasteiger charge is -2.32. The number of sulfone groups is 1. The number of alkyl halides is 2. The predicted molar refractivity (Wildman–Crippen MR) is 82.8 cm³/mol. The van der Waals surface area contributed by atoms with Crippen LogP contribution in [-0.4, -0.2) is 36.4 Å². The van der Waals surface area contributed by atoms with Gasteiger partial charge in [0.2, 0.25) is 9.84 Å². The van der Waals surface area contributed by atoms with Gasteiger partial charge in [-0.2, -0.15) is 8.78 Å². The van der Waals surface area contributed by atoms with Crippen molar-refractivity contribution in [3.05, 3.63) is 28.3 Å². The monoisotopic (exact) mass is 364 g/mol. The highest BCUT2D eigenvalue weighted by Gasteiger charge is 2.31. The number of anilines is 1. The van der Waals surface area contributed by atoms with Crippen LogP contribution >= 0.6 is 0 Å². The van der Waals surface area contributed by atoms with E-state index >= 15 is 0 Å². The van der Waals surface area contributed by atoms with Crippen molar-refractivity contribution in [2.45, 2.75) is 48.4 Å². The van der Waals surface area contributed by atoms with Gasteiger partial charge in [0.15, 0.2) is 0 Å². The second kappa shape index (κ2) is 6.98. The van der Waals surface area contributed by atoms with E-state index in [1.54, 1.807) is 0 Å². The topological polar surface area (TPSA) is 110 Å². The zero-order chi connectivity index (χ0) is 18.0. The molecule has 0 atom stereocenters. The highest BCUT2D eigenvalue weighted by molar-refractivity contribution is 7.91. The van der Waals surface area contributed by atoms with Crippen LogP contribution in [0.4, 0.5) is 20.2 Å². The van der Waals surface area contributed by atoms with Crippen LogP contribution in [0.25, 0.3) is 0 Å². The van der Waals surface area contributed by atoms with E-state index < -0.39 is 36.7 Å². The Morgan fingerprint density at radius 3 is 2.46 bits per heavy atom. The van der Waals surface area contributed by atoms with E-state index in [0.29, 0.717) is 18.9 Å². The molecule has 1 saturated carbocycles.